The SMILES string of the molecule is CCC(C)(CC)NC1=NCC(C2CC2)S1. The molecule has 2 aliphatic rings. The number of nitrogens with one attached hydrogen (secondary N) is 1. The van der Waals surface area contributed by atoms with Gasteiger partial charge in [0.25, 0.3) is 0 Å². The predicted octanol–water partition coefficient (Wildman–Crippen LogP) is 3.04. The molecule has 0 aromatic carbocycles. The molecule has 0 saturated heterocycles. The minimum Gasteiger partial charge on any atom is -0.360 e. The summed E-state index contributed by atoms with van der Waals surface area (Å²) in [6.45, 7) is 7.83. The molecule has 1 atom stereocenters. The zero-order valence-electron chi connectivity index (χ0n) is 10.0. The molecule has 0 aromatic heterocycles. The van der Waals surface area contributed by atoms with E-state index < -0.39 is 0 Å². The Kier molecular flexibility index (Phi) is 3.29. The third-order valence-electron chi connectivity index (χ3n) is 3.80. The van der Waals surface area contributed by atoms with Gasteiger partial charge in [-0.05, 0) is 38.5 Å². The summed E-state index contributed by atoms with van der Waals surface area (Å²) in [6.07, 6.45) is 5.19. The Morgan fingerprint density at radius 3 is 2.60 bits per heavy atom. The first-order valence-corrected chi connectivity index (χ1v) is 7.04. The lowest BCUT2D eigenvalue weighted by Crippen LogP contribution is -2.43. The maximum absolute atomic E-state index is 4.63. The maximum Gasteiger partial charge on any atom is 0.157 e. The number of aliphatic imine (C=N–C) groups is 1. The van der Waals surface area contributed by atoms with Crippen molar-refractivity contribution in [2.75, 3.05) is 6.54 Å². The molecule has 0 spiro atoms. The summed E-state index contributed by atoms with van der Waals surface area (Å²) in [5.74, 6) is 0.965. The predicted molar refractivity (Wildman–Crippen MR) is 68.5 cm³/mol. The molecule has 3 heteroatoms. The van der Waals surface area contributed by atoms with E-state index in [1.807, 2.05) is 11.8 Å². The smallest absolute Gasteiger partial charge is 0.157 e. The van der Waals surface area contributed by atoms with Crippen molar-refractivity contribution in [3.05, 3.63) is 0 Å². The van der Waals surface area contributed by atoms with Crippen LogP contribution in [0.25, 0.3) is 0 Å². The lowest BCUT2D eigenvalue weighted by molar-refractivity contribution is 0.391. The van der Waals surface area contributed by atoms with Crippen molar-refractivity contribution in [3.63, 3.8) is 0 Å². The van der Waals surface area contributed by atoms with Gasteiger partial charge in [-0.3, -0.25) is 4.99 Å². The van der Waals surface area contributed by atoms with Crippen LogP contribution in [0.2, 0.25) is 0 Å². The Hall–Kier alpha value is -0.180. The Bertz CT molecular complexity index is 254. The Labute approximate surface area is 97.3 Å². The van der Waals surface area contributed by atoms with Crippen LogP contribution in [-0.4, -0.2) is 22.5 Å². The van der Waals surface area contributed by atoms with Gasteiger partial charge < -0.3 is 5.32 Å². The lowest BCUT2D eigenvalue weighted by Gasteiger charge is -2.29. The van der Waals surface area contributed by atoms with E-state index in [9.17, 15) is 0 Å². The van der Waals surface area contributed by atoms with Crippen LogP contribution in [0.15, 0.2) is 4.99 Å². The van der Waals surface area contributed by atoms with E-state index in [1.54, 1.807) is 0 Å². The number of hydrogen-bond acceptors (Lipinski definition) is 3. The summed E-state index contributed by atoms with van der Waals surface area (Å²) >= 11 is 1.98. The highest BCUT2D eigenvalue weighted by atomic mass is 32.2. The van der Waals surface area contributed by atoms with Gasteiger partial charge in [0.1, 0.15) is 0 Å². The van der Waals surface area contributed by atoms with Crippen LogP contribution < -0.4 is 5.32 Å². The number of amidine groups is 1. The van der Waals surface area contributed by atoms with Crippen molar-refractivity contribution in [2.45, 2.75) is 57.2 Å². The van der Waals surface area contributed by atoms with Crippen LogP contribution in [0.3, 0.4) is 0 Å². The number of thioether (sulfide) groups is 1. The second-order valence-electron chi connectivity index (χ2n) is 5.03. The van der Waals surface area contributed by atoms with E-state index in [1.165, 1.54) is 18.0 Å². The molecule has 1 unspecified atom stereocenters. The molecule has 1 aliphatic carbocycles. The summed E-state index contributed by atoms with van der Waals surface area (Å²) in [5.41, 5.74) is 0.240. The van der Waals surface area contributed by atoms with Crippen LogP contribution in [0, 0.1) is 5.92 Å². The van der Waals surface area contributed by atoms with E-state index >= 15 is 0 Å². The van der Waals surface area contributed by atoms with Gasteiger partial charge in [-0.2, -0.15) is 0 Å². The molecule has 1 fully saturated rings. The minimum absolute atomic E-state index is 0.240. The van der Waals surface area contributed by atoms with Crippen LogP contribution in [0.4, 0.5) is 0 Å². The first-order chi connectivity index (χ1) is 7.17. The standard InChI is InChI=1S/C12H22N2S/c1-4-12(3,5-2)14-11-13-8-10(15-11)9-6-7-9/h9-10H,4-8H2,1-3H3,(H,13,14). The molecule has 0 amide bonds. The fraction of sp³-hybridized carbons (Fsp3) is 0.917. The summed E-state index contributed by atoms with van der Waals surface area (Å²) in [4.78, 5) is 4.63. The average Bonchev–Trinajstić information content (AvgIpc) is 3.00. The molecular formula is C12H22N2S. The van der Waals surface area contributed by atoms with Gasteiger partial charge in [0.15, 0.2) is 5.17 Å². The fourth-order valence-corrected chi connectivity index (χ4v) is 3.21. The van der Waals surface area contributed by atoms with E-state index in [0.717, 1.165) is 30.6 Å². The third-order valence-corrected chi connectivity index (χ3v) is 5.09. The Morgan fingerprint density at radius 1 is 1.40 bits per heavy atom. The van der Waals surface area contributed by atoms with Gasteiger partial charge >= 0.3 is 0 Å². The van der Waals surface area contributed by atoms with Crippen LogP contribution in [-0.2, 0) is 0 Å². The van der Waals surface area contributed by atoms with Crippen LogP contribution >= 0.6 is 11.8 Å². The molecule has 0 aromatic rings. The average molecular weight is 226 g/mol. The first kappa shape index (κ1) is 11.3. The molecular weight excluding hydrogens is 204 g/mol. The molecule has 0 bridgehead atoms. The zero-order valence-corrected chi connectivity index (χ0v) is 10.9. The lowest BCUT2D eigenvalue weighted by atomic mass is 9.96. The molecule has 1 aliphatic heterocycles. The Balaban J connectivity index is 1.84. The molecule has 2 rings (SSSR count). The van der Waals surface area contributed by atoms with Gasteiger partial charge in [-0.1, -0.05) is 25.6 Å². The normalized spacial score (nSPS) is 26.6. The van der Waals surface area contributed by atoms with Crippen molar-refractivity contribution in [3.8, 4) is 0 Å². The third kappa shape index (κ3) is 2.68. The van der Waals surface area contributed by atoms with E-state index in [2.05, 4.69) is 31.1 Å². The van der Waals surface area contributed by atoms with Crippen molar-refractivity contribution in [2.24, 2.45) is 10.9 Å². The second-order valence-corrected chi connectivity index (χ2v) is 6.26. The summed E-state index contributed by atoms with van der Waals surface area (Å²) < 4.78 is 0. The van der Waals surface area contributed by atoms with Crippen LogP contribution in [0.1, 0.15) is 46.5 Å². The van der Waals surface area contributed by atoms with E-state index in [-0.39, 0.29) is 5.54 Å². The minimum atomic E-state index is 0.240. The van der Waals surface area contributed by atoms with Crippen molar-refractivity contribution >= 4 is 16.9 Å². The molecule has 1 heterocycles. The maximum atomic E-state index is 4.63. The molecule has 2 nitrogen and oxygen atoms in total. The van der Waals surface area contributed by atoms with Gasteiger partial charge in [0.05, 0.1) is 6.54 Å². The van der Waals surface area contributed by atoms with Crippen LogP contribution in [0.5, 0.6) is 0 Å². The van der Waals surface area contributed by atoms with Crippen molar-refractivity contribution in [1.82, 2.24) is 5.32 Å². The monoisotopic (exact) mass is 226 g/mol. The highest BCUT2D eigenvalue weighted by Gasteiger charge is 2.36. The van der Waals surface area contributed by atoms with Crippen molar-refractivity contribution in [1.29, 1.82) is 0 Å². The highest BCUT2D eigenvalue weighted by Crippen LogP contribution is 2.41. The summed E-state index contributed by atoms with van der Waals surface area (Å²) in [5, 5.41) is 5.59. The fourth-order valence-electron chi connectivity index (χ4n) is 1.86. The zero-order chi connectivity index (χ0) is 10.9. The summed E-state index contributed by atoms with van der Waals surface area (Å²) in [6, 6.07) is 0. The van der Waals surface area contributed by atoms with Gasteiger partial charge in [0, 0.05) is 10.8 Å². The second kappa shape index (κ2) is 4.36. The molecule has 1 saturated carbocycles. The van der Waals surface area contributed by atoms with Crippen molar-refractivity contribution < 1.29 is 0 Å². The number of nitrogens with zero attached hydrogens (tertiary/aromatic N) is 1. The molecule has 86 valence electrons. The first-order valence-electron chi connectivity index (χ1n) is 6.16. The molecule has 15 heavy (non-hydrogen) atoms. The summed E-state index contributed by atoms with van der Waals surface area (Å²) in [7, 11) is 0. The Morgan fingerprint density at radius 2 is 2.07 bits per heavy atom. The number of hydrogen-bond donors (Lipinski definition) is 1. The van der Waals surface area contributed by atoms with Gasteiger partial charge in [0.2, 0.25) is 0 Å². The topological polar surface area (TPSA) is 24.4 Å². The quantitative estimate of drug-likeness (QED) is 0.797. The largest absolute Gasteiger partial charge is 0.360 e. The van der Waals surface area contributed by atoms with Gasteiger partial charge in [-0.25, -0.2) is 0 Å². The van der Waals surface area contributed by atoms with Gasteiger partial charge in [-0.15, -0.1) is 0 Å². The molecule has 1 N–H and O–H groups in total. The van der Waals surface area contributed by atoms with E-state index in [4.69, 9.17) is 0 Å². The highest BCUT2D eigenvalue weighted by molar-refractivity contribution is 8.14. The van der Waals surface area contributed by atoms with E-state index in [0.29, 0.717) is 0 Å². The number of rotatable bonds is 4. The molecule has 0 radical (unpaired) electrons.